The molecule has 0 heterocycles. The molecule has 0 spiro atoms. The third-order valence-electron chi connectivity index (χ3n) is 3.32. The first kappa shape index (κ1) is 15.1. The Hall–Kier alpha value is -2.29. The Morgan fingerprint density at radius 1 is 1.05 bits per heavy atom. The molecule has 1 unspecified atom stereocenters. The maximum absolute atomic E-state index is 12.0. The fourth-order valence-corrected chi connectivity index (χ4v) is 2.27. The van der Waals surface area contributed by atoms with E-state index in [2.05, 4.69) is 29.7 Å². The summed E-state index contributed by atoms with van der Waals surface area (Å²) in [5.74, 6) is 0. The zero-order valence-corrected chi connectivity index (χ0v) is 12.6. The molecule has 0 saturated heterocycles. The highest BCUT2D eigenvalue weighted by Crippen LogP contribution is 2.22. The number of hydrogen-bond acceptors (Lipinski definition) is 1. The number of nitrogens with one attached hydrogen (secondary N) is 2. The molecule has 0 radical (unpaired) electrons. The van der Waals surface area contributed by atoms with Crippen LogP contribution in [0, 0.1) is 6.92 Å². The maximum atomic E-state index is 12.0. The lowest BCUT2D eigenvalue weighted by atomic mass is 9.97. The monoisotopic (exact) mass is 282 g/mol. The van der Waals surface area contributed by atoms with Gasteiger partial charge in [-0.3, -0.25) is 0 Å². The molecule has 0 aromatic heterocycles. The molecule has 0 aliphatic carbocycles. The lowest BCUT2D eigenvalue weighted by Gasteiger charge is -2.20. The van der Waals surface area contributed by atoms with Crippen LogP contribution in [0.1, 0.15) is 36.1 Å². The zero-order valence-electron chi connectivity index (χ0n) is 12.6. The molecule has 0 aliphatic heterocycles. The van der Waals surface area contributed by atoms with E-state index in [9.17, 15) is 4.79 Å². The average Bonchev–Trinajstić information content (AvgIpc) is 2.51. The van der Waals surface area contributed by atoms with Crippen molar-refractivity contribution < 1.29 is 4.79 Å². The van der Waals surface area contributed by atoms with Gasteiger partial charge in [-0.25, -0.2) is 4.79 Å². The van der Waals surface area contributed by atoms with Gasteiger partial charge in [0.2, 0.25) is 0 Å². The van der Waals surface area contributed by atoms with Crippen LogP contribution in [-0.2, 0) is 0 Å². The minimum absolute atomic E-state index is 0.132. The van der Waals surface area contributed by atoms with Crippen molar-refractivity contribution in [3.05, 3.63) is 71.3 Å². The average molecular weight is 282 g/mol. The Kier molecular flexibility index (Phi) is 5.38. The summed E-state index contributed by atoms with van der Waals surface area (Å²) in [5.41, 5.74) is 3.35. The number of rotatable bonds is 5. The fourth-order valence-electron chi connectivity index (χ4n) is 2.27. The van der Waals surface area contributed by atoms with E-state index < -0.39 is 0 Å². The van der Waals surface area contributed by atoms with Crippen LogP contribution in [-0.4, -0.2) is 12.6 Å². The van der Waals surface area contributed by atoms with E-state index >= 15 is 0 Å². The third-order valence-corrected chi connectivity index (χ3v) is 3.32. The summed E-state index contributed by atoms with van der Waals surface area (Å²) in [6, 6.07) is 18.0. The minimum Gasteiger partial charge on any atom is -0.338 e. The van der Waals surface area contributed by atoms with Crippen molar-refractivity contribution in [3.63, 3.8) is 0 Å². The van der Waals surface area contributed by atoms with Gasteiger partial charge >= 0.3 is 6.03 Å². The van der Waals surface area contributed by atoms with Gasteiger partial charge in [-0.05, 0) is 24.5 Å². The quantitative estimate of drug-likeness (QED) is 0.860. The SMILES string of the molecule is CCCNC(=O)NC(c1ccccc1)c1cccc(C)c1. The number of aryl methyl sites for hydroxylation is 1. The topological polar surface area (TPSA) is 41.1 Å². The van der Waals surface area contributed by atoms with E-state index in [-0.39, 0.29) is 12.1 Å². The Balaban J connectivity index is 2.25. The van der Waals surface area contributed by atoms with E-state index in [1.165, 1.54) is 5.56 Å². The van der Waals surface area contributed by atoms with Crippen molar-refractivity contribution in [2.24, 2.45) is 0 Å². The number of hydrogen-bond donors (Lipinski definition) is 2. The molecule has 2 aromatic rings. The predicted octanol–water partition coefficient (Wildman–Crippen LogP) is 3.79. The highest BCUT2D eigenvalue weighted by atomic mass is 16.2. The van der Waals surface area contributed by atoms with Crippen molar-refractivity contribution in [3.8, 4) is 0 Å². The molecule has 2 N–H and O–H groups in total. The molecule has 0 saturated carbocycles. The second kappa shape index (κ2) is 7.48. The number of amides is 2. The van der Waals surface area contributed by atoms with E-state index in [1.54, 1.807) is 0 Å². The molecule has 2 aromatic carbocycles. The number of carbonyl (C=O) groups is 1. The first-order chi connectivity index (χ1) is 10.2. The van der Waals surface area contributed by atoms with Crippen LogP contribution >= 0.6 is 0 Å². The molecule has 110 valence electrons. The van der Waals surface area contributed by atoms with E-state index in [4.69, 9.17) is 0 Å². The van der Waals surface area contributed by atoms with Crippen molar-refractivity contribution in [2.75, 3.05) is 6.54 Å². The van der Waals surface area contributed by atoms with Gasteiger partial charge in [0.1, 0.15) is 0 Å². The van der Waals surface area contributed by atoms with Crippen LogP contribution in [0.15, 0.2) is 54.6 Å². The summed E-state index contributed by atoms with van der Waals surface area (Å²) in [4.78, 5) is 12.0. The molecule has 1 atom stereocenters. The molecular weight excluding hydrogens is 260 g/mol. The number of carbonyl (C=O) groups excluding carboxylic acids is 1. The lowest BCUT2D eigenvalue weighted by molar-refractivity contribution is 0.238. The van der Waals surface area contributed by atoms with Gasteiger partial charge in [-0.1, -0.05) is 67.1 Å². The molecule has 21 heavy (non-hydrogen) atoms. The molecule has 0 fully saturated rings. The van der Waals surface area contributed by atoms with Gasteiger partial charge < -0.3 is 10.6 Å². The second-order valence-electron chi connectivity index (χ2n) is 5.16. The highest BCUT2D eigenvalue weighted by Gasteiger charge is 2.16. The van der Waals surface area contributed by atoms with Crippen LogP contribution in [0.5, 0.6) is 0 Å². The zero-order chi connectivity index (χ0) is 15.1. The molecule has 0 aliphatic rings. The summed E-state index contributed by atoms with van der Waals surface area (Å²) in [5, 5.41) is 5.93. The van der Waals surface area contributed by atoms with Crippen LogP contribution in [0.25, 0.3) is 0 Å². The third kappa shape index (κ3) is 4.35. The predicted molar refractivity (Wildman–Crippen MR) is 86.3 cm³/mol. The highest BCUT2D eigenvalue weighted by molar-refractivity contribution is 5.75. The van der Waals surface area contributed by atoms with Gasteiger partial charge in [0.05, 0.1) is 6.04 Å². The Bertz CT molecular complexity index is 581. The lowest BCUT2D eigenvalue weighted by Crippen LogP contribution is -2.38. The molecular formula is C18H22N2O. The van der Waals surface area contributed by atoms with Crippen molar-refractivity contribution in [2.45, 2.75) is 26.3 Å². The van der Waals surface area contributed by atoms with Crippen molar-refractivity contribution in [1.82, 2.24) is 10.6 Å². The Morgan fingerprint density at radius 2 is 1.76 bits per heavy atom. The standard InChI is InChI=1S/C18H22N2O/c1-3-12-19-18(21)20-17(15-9-5-4-6-10-15)16-11-7-8-14(2)13-16/h4-11,13,17H,3,12H2,1-2H3,(H2,19,20,21). The van der Waals surface area contributed by atoms with Crippen LogP contribution < -0.4 is 10.6 Å². The van der Waals surface area contributed by atoms with Gasteiger partial charge in [0.15, 0.2) is 0 Å². The van der Waals surface area contributed by atoms with Gasteiger partial charge in [0, 0.05) is 6.54 Å². The Morgan fingerprint density at radius 3 is 2.43 bits per heavy atom. The largest absolute Gasteiger partial charge is 0.338 e. The second-order valence-corrected chi connectivity index (χ2v) is 5.16. The first-order valence-electron chi connectivity index (χ1n) is 7.36. The summed E-state index contributed by atoms with van der Waals surface area (Å²) >= 11 is 0. The van der Waals surface area contributed by atoms with Crippen molar-refractivity contribution in [1.29, 1.82) is 0 Å². The molecule has 2 rings (SSSR count). The van der Waals surface area contributed by atoms with Crippen LogP contribution in [0.2, 0.25) is 0 Å². The minimum atomic E-state index is -0.136. The van der Waals surface area contributed by atoms with Gasteiger partial charge in [0.25, 0.3) is 0 Å². The number of benzene rings is 2. The smallest absolute Gasteiger partial charge is 0.315 e. The maximum Gasteiger partial charge on any atom is 0.315 e. The molecule has 0 bridgehead atoms. The van der Waals surface area contributed by atoms with E-state index in [0.29, 0.717) is 6.54 Å². The van der Waals surface area contributed by atoms with Crippen LogP contribution in [0.4, 0.5) is 4.79 Å². The van der Waals surface area contributed by atoms with Crippen LogP contribution in [0.3, 0.4) is 0 Å². The summed E-state index contributed by atoms with van der Waals surface area (Å²) in [6.07, 6.45) is 0.924. The fraction of sp³-hybridized carbons (Fsp3) is 0.278. The van der Waals surface area contributed by atoms with Gasteiger partial charge in [-0.15, -0.1) is 0 Å². The van der Waals surface area contributed by atoms with Gasteiger partial charge in [-0.2, -0.15) is 0 Å². The van der Waals surface area contributed by atoms with E-state index in [0.717, 1.165) is 17.5 Å². The summed E-state index contributed by atoms with van der Waals surface area (Å²) in [6.45, 7) is 4.78. The molecule has 3 nitrogen and oxygen atoms in total. The Labute approximate surface area is 126 Å². The summed E-state index contributed by atoms with van der Waals surface area (Å²) < 4.78 is 0. The number of urea groups is 1. The van der Waals surface area contributed by atoms with E-state index in [1.807, 2.05) is 49.4 Å². The molecule has 3 heteroatoms. The normalized spacial score (nSPS) is 11.7. The van der Waals surface area contributed by atoms with Crippen molar-refractivity contribution >= 4 is 6.03 Å². The summed E-state index contributed by atoms with van der Waals surface area (Å²) in [7, 11) is 0. The first-order valence-corrected chi connectivity index (χ1v) is 7.36. The molecule has 2 amide bonds.